The maximum Gasteiger partial charge on any atom is 0.0500 e. The predicted molar refractivity (Wildman–Crippen MR) is 55.3 cm³/mol. The van der Waals surface area contributed by atoms with Gasteiger partial charge in [0.2, 0.25) is 0 Å². The van der Waals surface area contributed by atoms with E-state index in [1.807, 2.05) is 0 Å². The molecule has 0 aliphatic rings. The Kier molecular flexibility index (Phi) is 2.91. The van der Waals surface area contributed by atoms with Crippen molar-refractivity contribution >= 4 is 11.3 Å². The maximum absolute atomic E-state index is 6.25. The van der Waals surface area contributed by atoms with Crippen LogP contribution in [0.1, 0.15) is 32.1 Å². The minimum atomic E-state index is -0.150. The van der Waals surface area contributed by atoms with Crippen LogP contribution < -0.4 is 5.73 Å². The summed E-state index contributed by atoms with van der Waals surface area (Å²) < 4.78 is 0. The summed E-state index contributed by atoms with van der Waals surface area (Å²) >= 11 is 1.75. The van der Waals surface area contributed by atoms with Crippen molar-refractivity contribution in [3.05, 3.63) is 22.4 Å². The molecule has 1 nitrogen and oxygen atoms in total. The van der Waals surface area contributed by atoms with Crippen LogP contribution >= 0.6 is 11.3 Å². The average Bonchev–Trinajstić information content (AvgIpc) is 2.55. The smallest absolute Gasteiger partial charge is 0.0500 e. The van der Waals surface area contributed by atoms with E-state index in [1.165, 1.54) is 4.88 Å². The number of hydrogen-bond acceptors (Lipinski definition) is 2. The molecule has 0 bridgehead atoms. The van der Waals surface area contributed by atoms with Crippen molar-refractivity contribution in [1.82, 2.24) is 0 Å². The van der Waals surface area contributed by atoms with Gasteiger partial charge in [0.25, 0.3) is 0 Å². The van der Waals surface area contributed by atoms with Gasteiger partial charge in [-0.15, -0.1) is 11.3 Å². The van der Waals surface area contributed by atoms with Crippen molar-refractivity contribution in [2.45, 2.75) is 32.7 Å². The quantitative estimate of drug-likeness (QED) is 0.766. The van der Waals surface area contributed by atoms with Crippen molar-refractivity contribution in [1.29, 1.82) is 0 Å². The lowest BCUT2D eigenvalue weighted by Gasteiger charge is -2.29. The molecule has 0 amide bonds. The first-order valence-corrected chi connectivity index (χ1v) is 5.29. The molecule has 1 heterocycles. The van der Waals surface area contributed by atoms with Gasteiger partial charge in [-0.1, -0.05) is 26.3 Å². The monoisotopic (exact) mass is 183 g/mol. The summed E-state index contributed by atoms with van der Waals surface area (Å²) in [4.78, 5) is 1.29. The van der Waals surface area contributed by atoms with Crippen LogP contribution in [0.2, 0.25) is 0 Å². The van der Waals surface area contributed by atoms with E-state index in [0.29, 0.717) is 5.92 Å². The summed E-state index contributed by atoms with van der Waals surface area (Å²) in [6.07, 6.45) is 1.13. The van der Waals surface area contributed by atoms with Crippen molar-refractivity contribution < 1.29 is 0 Å². The molecule has 2 heteroatoms. The summed E-state index contributed by atoms with van der Waals surface area (Å²) in [7, 11) is 0. The highest BCUT2D eigenvalue weighted by Gasteiger charge is 2.27. The fourth-order valence-corrected chi connectivity index (χ4v) is 2.17. The van der Waals surface area contributed by atoms with Gasteiger partial charge in [0.15, 0.2) is 0 Å². The molecular weight excluding hydrogens is 166 g/mol. The molecule has 1 rings (SSSR count). The molecule has 68 valence electrons. The van der Waals surface area contributed by atoms with Gasteiger partial charge in [-0.2, -0.15) is 0 Å². The standard InChI is InChI=1S/C10H17NS/c1-4-8(2)10(3,11)9-6-5-7-12-9/h5-8H,4,11H2,1-3H3. The molecule has 2 unspecified atom stereocenters. The van der Waals surface area contributed by atoms with Crippen LogP contribution in [-0.2, 0) is 5.54 Å². The van der Waals surface area contributed by atoms with Gasteiger partial charge >= 0.3 is 0 Å². The molecule has 0 fully saturated rings. The first-order valence-electron chi connectivity index (χ1n) is 4.42. The summed E-state index contributed by atoms with van der Waals surface area (Å²) in [5, 5.41) is 2.09. The van der Waals surface area contributed by atoms with E-state index in [0.717, 1.165) is 6.42 Å². The zero-order chi connectivity index (χ0) is 9.19. The van der Waals surface area contributed by atoms with Crippen LogP contribution in [0.25, 0.3) is 0 Å². The highest BCUT2D eigenvalue weighted by atomic mass is 32.1. The minimum absolute atomic E-state index is 0.150. The molecule has 0 aliphatic heterocycles. The Bertz CT molecular complexity index is 226. The van der Waals surface area contributed by atoms with Crippen LogP contribution in [0.3, 0.4) is 0 Å². The minimum Gasteiger partial charge on any atom is -0.321 e. The molecule has 2 atom stereocenters. The third-order valence-corrected chi connectivity index (χ3v) is 3.81. The number of rotatable bonds is 3. The van der Waals surface area contributed by atoms with Gasteiger partial charge in [0.1, 0.15) is 0 Å². The molecule has 12 heavy (non-hydrogen) atoms. The van der Waals surface area contributed by atoms with E-state index in [2.05, 4.69) is 38.3 Å². The van der Waals surface area contributed by atoms with Crippen LogP contribution in [0, 0.1) is 5.92 Å². The highest BCUT2D eigenvalue weighted by molar-refractivity contribution is 7.10. The van der Waals surface area contributed by atoms with Gasteiger partial charge in [0, 0.05) is 4.88 Å². The topological polar surface area (TPSA) is 26.0 Å². The molecule has 0 aliphatic carbocycles. The van der Waals surface area contributed by atoms with Gasteiger partial charge in [-0.05, 0) is 24.3 Å². The zero-order valence-corrected chi connectivity index (χ0v) is 8.82. The third kappa shape index (κ3) is 1.70. The Morgan fingerprint density at radius 2 is 2.33 bits per heavy atom. The lowest BCUT2D eigenvalue weighted by molar-refractivity contribution is 0.322. The van der Waals surface area contributed by atoms with Crippen molar-refractivity contribution in [2.75, 3.05) is 0 Å². The van der Waals surface area contributed by atoms with Gasteiger partial charge in [-0.3, -0.25) is 0 Å². The Morgan fingerprint density at radius 3 is 2.75 bits per heavy atom. The van der Waals surface area contributed by atoms with Gasteiger partial charge < -0.3 is 5.73 Å². The van der Waals surface area contributed by atoms with Crippen LogP contribution in [-0.4, -0.2) is 0 Å². The fourth-order valence-electron chi connectivity index (χ4n) is 1.25. The SMILES string of the molecule is CCC(C)C(C)(N)c1cccs1. The van der Waals surface area contributed by atoms with Crippen LogP contribution in [0.5, 0.6) is 0 Å². The van der Waals surface area contributed by atoms with Crippen LogP contribution in [0.4, 0.5) is 0 Å². The molecular formula is C10H17NS. The second kappa shape index (κ2) is 3.58. The first kappa shape index (κ1) is 9.75. The van der Waals surface area contributed by atoms with E-state index in [1.54, 1.807) is 11.3 Å². The zero-order valence-electron chi connectivity index (χ0n) is 8.00. The highest BCUT2D eigenvalue weighted by Crippen LogP contribution is 2.31. The molecule has 0 saturated carbocycles. The fraction of sp³-hybridized carbons (Fsp3) is 0.600. The summed E-state index contributed by atoms with van der Waals surface area (Å²) in [6, 6.07) is 4.18. The molecule has 2 N–H and O–H groups in total. The molecule has 0 aromatic carbocycles. The molecule has 0 spiro atoms. The molecule has 0 radical (unpaired) electrons. The molecule has 1 aromatic rings. The van der Waals surface area contributed by atoms with E-state index in [-0.39, 0.29) is 5.54 Å². The third-order valence-electron chi connectivity index (χ3n) is 2.69. The van der Waals surface area contributed by atoms with E-state index >= 15 is 0 Å². The van der Waals surface area contributed by atoms with Crippen molar-refractivity contribution in [3.8, 4) is 0 Å². The lowest BCUT2D eigenvalue weighted by atomic mass is 9.85. The maximum atomic E-state index is 6.25. The van der Waals surface area contributed by atoms with E-state index in [9.17, 15) is 0 Å². The Labute approximate surface area is 78.6 Å². The largest absolute Gasteiger partial charge is 0.321 e. The second-order valence-electron chi connectivity index (χ2n) is 3.57. The average molecular weight is 183 g/mol. The normalized spacial score (nSPS) is 18.7. The van der Waals surface area contributed by atoms with E-state index < -0.39 is 0 Å². The Balaban J connectivity index is 2.85. The Morgan fingerprint density at radius 1 is 1.67 bits per heavy atom. The van der Waals surface area contributed by atoms with Gasteiger partial charge in [0.05, 0.1) is 5.54 Å². The summed E-state index contributed by atoms with van der Waals surface area (Å²) in [5.74, 6) is 0.538. The summed E-state index contributed by atoms with van der Waals surface area (Å²) in [6.45, 7) is 6.51. The first-order chi connectivity index (χ1) is 5.59. The molecule has 0 saturated heterocycles. The number of hydrogen-bond donors (Lipinski definition) is 1. The predicted octanol–water partition coefficient (Wildman–Crippen LogP) is 2.97. The summed E-state index contributed by atoms with van der Waals surface area (Å²) in [5.41, 5.74) is 6.10. The van der Waals surface area contributed by atoms with Crippen LogP contribution in [0.15, 0.2) is 17.5 Å². The number of nitrogens with two attached hydrogens (primary N) is 1. The molecule has 1 aromatic heterocycles. The lowest BCUT2D eigenvalue weighted by Crippen LogP contribution is -2.38. The van der Waals surface area contributed by atoms with E-state index in [4.69, 9.17) is 5.73 Å². The number of thiophene rings is 1. The van der Waals surface area contributed by atoms with Crippen molar-refractivity contribution in [2.24, 2.45) is 11.7 Å². The van der Waals surface area contributed by atoms with Gasteiger partial charge in [-0.25, -0.2) is 0 Å². The second-order valence-corrected chi connectivity index (χ2v) is 4.52. The van der Waals surface area contributed by atoms with Crippen molar-refractivity contribution in [3.63, 3.8) is 0 Å². The Hall–Kier alpha value is -0.340.